The van der Waals surface area contributed by atoms with Crippen molar-refractivity contribution < 1.29 is 24.2 Å². The van der Waals surface area contributed by atoms with Crippen LogP contribution in [0, 0.1) is 11.8 Å². The Kier molecular flexibility index (Phi) is 5.63. The van der Waals surface area contributed by atoms with Crippen LogP contribution in [0.5, 0.6) is 0 Å². The Hall–Kier alpha value is 0.0700. The van der Waals surface area contributed by atoms with E-state index in [-0.39, 0.29) is 18.4 Å². The van der Waals surface area contributed by atoms with Gasteiger partial charge in [0.1, 0.15) is 0 Å². The van der Waals surface area contributed by atoms with E-state index in [2.05, 4.69) is 0 Å². The molecule has 5 nitrogen and oxygen atoms in total. The second-order valence-corrected chi connectivity index (χ2v) is 6.55. The maximum absolute atomic E-state index is 11.6. The van der Waals surface area contributed by atoms with Crippen molar-refractivity contribution in [2.45, 2.75) is 46.1 Å². The van der Waals surface area contributed by atoms with Crippen LogP contribution in [0.1, 0.15) is 34.6 Å². The first kappa shape index (κ1) is 16.1. The van der Waals surface area contributed by atoms with Crippen LogP contribution in [-0.4, -0.2) is 32.9 Å². The molecular formula is C10H23O5P. The molecular weight excluding hydrogens is 231 g/mol. The first-order valence-corrected chi connectivity index (χ1v) is 7.04. The van der Waals surface area contributed by atoms with Crippen molar-refractivity contribution in [3.8, 4) is 0 Å². The maximum atomic E-state index is 11.6. The molecule has 1 atom stereocenters. The van der Waals surface area contributed by atoms with Gasteiger partial charge < -0.3 is 19.6 Å². The van der Waals surface area contributed by atoms with Crippen molar-refractivity contribution in [3.05, 3.63) is 0 Å². The first-order valence-electron chi connectivity index (χ1n) is 5.43. The molecule has 0 aliphatic carbocycles. The molecule has 0 aliphatic heterocycles. The van der Waals surface area contributed by atoms with E-state index in [1.165, 1.54) is 6.92 Å². The average molecular weight is 254 g/mol. The SMILES string of the molecule is CC(O)COC(C(C)C)(C(C)C)P(=O)(O)O. The van der Waals surface area contributed by atoms with Crippen molar-refractivity contribution >= 4 is 7.60 Å². The number of hydrogen-bond donors (Lipinski definition) is 3. The van der Waals surface area contributed by atoms with E-state index in [1.54, 1.807) is 27.7 Å². The van der Waals surface area contributed by atoms with Crippen molar-refractivity contribution in [2.75, 3.05) is 6.61 Å². The van der Waals surface area contributed by atoms with Crippen molar-refractivity contribution in [1.82, 2.24) is 0 Å². The fraction of sp³-hybridized carbons (Fsp3) is 1.00. The molecule has 0 rings (SSSR count). The molecule has 1 unspecified atom stereocenters. The second kappa shape index (κ2) is 5.61. The van der Waals surface area contributed by atoms with Crippen LogP contribution in [0.15, 0.2) is 0 Å². The van der Waals surface area contributed by atoms with Crippen LogP contribution in [0.25, 0.3) is 0 Å². The van der Waals surface area contributed by atoms with Crippen LogP contribution in [0.2, 0.25) is 0 Å². The van der Waals surface area contributed by atoms with E-state index < -0.39 is 19.0 Å². The zero-order valence-electron chi connectivity index (χ0n) is 10.5. The number of hydrogen-bond acceptors (Lipinski definition) is 3. The van der Waals surface area contributed by atoms with Gasteiger partial charge in [-0.25, -0.2) is 0 Å². The minimum absolute atomic E-state index is 0.0819. The number of aliphatic hydroxyl groups is 1. The Morgan fingerprint density at radius 1 is 1.12 bits per heavy atom. The Balaban J connectivity index is 5.21. The molecule has 0 aliphatic rings. The lowest BCUT2D eigenvalue weighted by Crippen LogP contribution is -2.44. The van der Waals surface area contributed by atoms with E-state index in [0.29, 0.717) is 0 Å². The Morgan fingerprint density at radius 3 is 1.69 bits per heavy atom. The summed E-state index contributed by atoms with van der Waals surface area (Å²) in [5.41, 5.74) is 0. The minimum Gasteiger partial charge on any atom is -0.391 e. The highest BCUT2D eigenvalue weighted by atomic mass is 31.2. The van der Waals surface area contributed by atoms with Gasteiger partial charge in [0.15, 0.2) is 5.34 Å². The lowest BCUT2D eigenvalue weighted by atomic mass is 9.95. The molecule has 3 N–H and O–H groups in total. The predicted octanol–water partition coefficient (Wildman–Crippen LogP) is 1.57. The van der Waals surface area contributed by atoms with E-state index in [9.17, 15) is 14.4 Å². The quantitative estimate of drug-likeness (QED) is 0.626. The van der Waals surface area contributed by atoms with Crippen molar-refractivity contribution in [3.63, 3.8) is 0 Å². The van der Waals surface area contributed by atoms with Crippen molar-refractivity contribution in [1.29, 1.82) is 0 Å². The molecule has 0 saturated carbocycles. The first-order chi connectivity index (χ1) is 7.05. The summed E-state index contributed by atoms with van der Waals surface area (Å²) in [5, 5.41) is 7.64. The summed E-state index contributed by atoms with van der Waals surface area (Å²) >= 11 is 0. The number of rotatable bonds is 6. The fourth-order valence-corrected chi connectivity index (χ4v) is 3.60. The summed E-state index contributed by atoms with van der Waals surface area (Å²) in [6.07, 6.45) is -0.747. The molecule has 16 heavy (non-hydrogen) atoms. The fourth-order valence-electron chi connectivity index (χ4n) is 2.01. The summed E-state index contributed by atoms with van der Waals surface area (Å²) in [4.78, 5) is 19.0. The van der Waals surface area contributed by atoms with E-state index >= 15 is 0 Å². The van der Waals surface area contributed by atoms with E-state index in [1.807, 2.05) is 0 Å². The minimum atomic E-state index is -4.41. The van der Waals surface area contributed by atoms with Gasteiger partial charge in [0.25, 0.3) is 0 Å². The second-order valence-electron chi connectivity index (χ2n) is 4.77. The number of aliphatic hydroxyl groups excluding tert-OH is 1. The Labute approximate surface area is 97.0 Å². The van der Waals surface area contributed by atoms with E-state index in [0.717, 1.165) is 0 Å². The summed E-state index contributed by atoms with van der Waals surface area (Å²) < 4.78 is 17.0. The van der Waals surface area contributed by atoms with Gasteiger partial charge >= 0.3 is 7.60 Å². The van der Waals surface area contributed by atoms with Crippen LogP contribution in [-0.2, 0) is 9.30 Å². The largest absolute Gasteiger partial charge is 0.391 e. The Morgan fingerprint density at radius 2 is 1.50 bits per heavy atom. The predicted molar refractivity (Wildman–Crippen MR) is 62.1 cm³/mol. The molecule has 6 heteroatoms. The summed E-state index contributed by atoms with van der Waals surface area (Å²) in [5.74, 6) is -0.681. The van der Waals surface area contributed by atoms with Crippen molar-refractivity contribution in [2.24, 2.45) is 11.8 Å². The third-order valence-electron chi connectivity index (χ3n) is 2.67. The molecule has 0 bridgehead atoms. The molecule has 0 spiro atoms. The maximum Gasteiger partial charge on any atom is 0.357 e. The van der Waals surface area contributed by atoms with Gasteiger partial charge in [-0.05, 0) is 18.8 Å². The topological polar surface area (TPSA) is 87.0 Å². The lowest BCUT2D eigenvalue weighted by molar-refractivity contribution is -0.0874. The van der Waals surface area contributed by atoms with Crippen LogP contribution in [0.3, 0.4) is 0 Å². The molecule has 0 aromatic rings. The van der Waals surface area contributed by atoms with Gasteiger partial charge in [0.05, 0.1) is 12.7 Å². The van der Waals surface area contributed by atoms with Gasteiger partial charge in [-0.3, -0.25) is 4.57 Å². The summed E-state index contributed by atoms with van der Waals surface area (Å²) in [6, 6.07) is 0. The molecule has 98 valence electrons. The molecule has 0 saturated heterocycles. The van der Waals surface area contributed by atoms with Crippen LogP contribution >= 0.6 is 7.60 Å². The van der Waals surface area contributed by atoms with Gasteiger partial charge in [-0.1, -0.05) is 27.7 Å². The molecule has 0 fully saturated rings. The molecule has 0 radical (unpaired) electrons. The standard InChI is InChI=1S/C10H23O5P/c1-7(2)10(8(3)4,16(12,13)14)15-6-9(5)11/h7-9,11H,6H2,1-5H3,(H2,12,13,14). The van der Waals surface area contributed by atoms with E-state index in [4.69, 9.17) is 9.84 Å². The third-order valence-corrected chi connectivity index (χ3v) is 4.74. The molecule has 0 heterocycles. The highest BCUT2D eigenvalue weighted by molar-refractivity contribution is 7.53. The lowest BCUT2D eigenvalue weighted by Gasteiger charge is -2.41. The smallest absolute Gasteiger partial charge is 0.357 e. The van der Waals surface area contributed by atoms with Crippen LogP contribution in [0.4, 0.5) is 0 Å². The summed E-state index contributed by atoms with van der Waals surface area (Å²) in [6.45, 7) is 8.27. The molecule has 0 aromatic heterocycles. The van der Waals surface area contributed by atoms with Gasteiger partial charge in [0.2, 0.25) is 0 Å². The average Bonchev–Trinajstić information content (AvgIpc) is 1.99. The molecule has 0 aromatic carbocycles. The monoisotopic (exact) mass is 254 g/mol. The normalized spacial score (nSPS) is 15.9. The highest BCUT2D eigenvalue weighted by Crippen LogP contribution is 2.59. The highest BCUT2D eigenvalue weighted by Gasteiger charge is 2.53. The number of ether oxygens (including phenoxy) is 1. The zero-order valence-corrected chi connectivity index (χ0v) is 11.4. The van der Waals surface area contributed by atoms with Gasteiger partial charge in [-0.2, -0.15) is 0 Å². The Bertz CT molecular complexity index is 248. The molecule has 0 amide bonds. The summed E-state index contributed by atoms with van der Waals surface area (Å²) in [7, 11) is -4.41. The van der Waals surface area contributed by atoms with Crippen LogP contribution < -0.4 is 0 Å². The van der Waals surface area contributed by atoms with Gasteiger partial charge in [-0.15, -0.1) is 0 Å². The zero-order chi connectivity index (χ0) is 13.1. The third kappa shape index (κ3) is 3.28. The van der Waals surface area contributed by atoms with Gasteiger partial charge in [0, 0.05) is 0 Å².